The van der Waals surface area contributed by atoms with Gasteiger partial charge in [0.1, 0.15) is 0 Å². The Morgan fingerprint density at radius 2 is 1.91 bits per heavy atom. The largest absolute Gasteiger partial charge is 0.324 e. The molecule has 0 spiro atoms. The lowest BCUT2D eigenvalue weighted by Gasteiger charge is -2.17. The van der Waals surface area contributed by atoms with Crippen molar-refractivity contribution in [2.45, 2.75) is 4.90 Å². The number of anilines is 1. The maximum Gasteiger partial charge on any atom is 0.243 e. The number of halogens is 2. The molecular weight excluding hydrogens is 404 g/mol. The molecule has 0 saturated carbocycles. The normalized spacial score (nSPS) is 11.5. The number of hydrogen-bond donors (Lipinski definition) is 1. The van der Waals surface area contributed by atoms with Gasteiger partial charge in [-0.1, -0.05) is 45.7 Å². The molecule has 2 rings (SSSR count). The van der Waals surface area contributed by atoms with Crippen molar-refractivity contribution in [3.05, 3.63) is 58.0 Å². The molecule has 0 aliphatic heterocycles. The molecule has 2 aromatic rings. The summed E-state index contributed by atoms with van der Waals surface area (Å²) in [5.74, 6) is -0.473. The molecule has 1 amide bonds. The molecule has 0 radical (unpaired) electrons. The number of nitrogens with zero attached hydrogens (tertiary/aromatic N) is 1. The molecule has 0 aliphatic rings. The number of nitrogens with one attached hydrogen (secondary N) is 1. The Bertz CT molecular complexity index is 827. The summed E-state index contributed by atoms with van der Waals surface area (Å²) in [6.07, 6.45) is 0. The topological polar surface area (TPSA) is 66.5 Å². The molecule has 1 N–H and O–H groups in total. The Kier molecular flexibility index (Phi) is 5.80. The molecule has 0 fully saturated rings. The molecule has 5 nitrogen and oxygen atoms in total. The van der Waals surface area contributed by atoms with Gasteiger partial charge in [0.05, 0.1) is 22.2 Å². The zero-order chi connectivity index (χ0) is 17.0. The van der Waals surface area contributed by atoms with E-state index in [1.54, 1.807) is 36.4 Å². The first-order valence-electron chi connectivity index (χ1n) is 6.57. The molecule has 23 heavy (non-hydrogen) atoms. The number of para-hydroxylation sites is 1. The van der Waals surface area contributed by atoms with E-state index in [9.17, 15) is 13.2 Å². The van der Waals surface area contributed by atoms with Gasteiger partial charge in [-0.05, 0) is 30.3 Å². The molecule has 122 valence electrons. The Balaban J connectivity index is 2.10. The van der Waals surface area contributed by atoms with Crippen LogP contribution in [0.5, 0.6) is 0 Å². The number of amides is 1. The maximum absolute atomic E-state index is 12.4. The first-order chi connectivity index (χ1) is 10.8. The van der Waals surface area contributed by atoms with Crippen LogP contribution in [0.3, 0.4) is 0 Å². The molecule has 2 aromatic carbocycles. The first kappa shape index (κ1) is 17.9. The quantitative estimate of drug-likeness (QED) is 0.811. The SMILES string of the molecule is CN(CC(=O)Nc1ccccc1Cl)S(=O)(=O)c1cccc(Br)c1. The highest BCUT2D eigenvalue weighted by Gasteiger charge is 2.23. The molecule has 0 saturated heterocycles. The van der Waals surface area contributed by atoms with Crippen LogP contribution in [0.2, 0.25) is 5.02 Å². The Morgan fingerprint density at radius 3 is 2.57 bits per heavy atom. The van der Waals surface area contributed by atoms with Gasteiger partial charge in [0, 0.05) is 11.5 Å². The Labute approximate surface area is 148 Å². The third kappa shape index (κ3) is 4.54. The summed E-state index contributed by atoms with van der Waals surface area (Å²) >= 11 is 9.19. The predicted molar refractivity (Wildman–Crippen MR) is 94.0 cm³/mol. The fourth-order valence-electron chi connectivity index (χ4n) is 1.85. The molecule has 0 unspecified atom stereocenters. The van der Waals surface area contributed by atoms with E-state index in [0.29, 0.717) is 15.2 Å². The van der Waals surface area contributed by atoms with Gasteiger partial charge in [-0.2, -0.15) is 4.31 Å². The summed E-state index contributed by atoms with van der Waals surface area (Å²) in [5, 5.41) is 2.98. The standard InChI is InChI=1S/C15H14BrClN2O3S/c1-19(23(21,22)12-6-4-5-11(16)9-12)10-15(20)18-14-8-3-2-7-13(14)17/h2-9H,10H2,1H3,(H,18,20). The fourth-order valence-corrected chi connectivity index (χ4v) is 3.75. The van der Waals surface area contributed by atoms with E-state index in [4.69, 9.17) is 11.6 Å². The van der Waals surface area contributed by atoms with Gasteiger partial charge >= 0.3 is 0 Å². The van der Waals surface area contributed by atoms with E-state index in [2.05, 4.69) is 21.2 Å². The van der Waals surface area contributed by atoms with Gasteiger partial charge in [-0.25, -0.2) is 8.42 Å². The second-order valence-electron chi connectivity index (χ2n) is 4.75. The van der Waals surface area contributed by atoms with Crippen LogP contribution >= 0.6 is 27.5 Å². The Morgan fingerprint density at radius 1 is 1.22 bits per heavy atom. The second kappa shape index (κ2) is 7.44. The third-order valence-electron chi connectivity index (χ3n) is 3.02. The van der Waals surface area contributed by atoms with Gasteiger partial charge in [0.15, 0.2) is 0 Å². The monoisotopic (exact) mass is 416 g/mol. The van der Waals surface area contributed by atoms with Crippen LogP contribution < -0.4 is 5.32 Å². The summed E-state index contributed by atoms with van der Waals surface area (Å²) in [6, 6.07) is 13.0. The van der Waals surface area contributed by atoms with Crippen molar-refractivity contribution in [3.63, 3.8) is 0 Å². The zero-order valence-electron chi connectivity index (χ0n) is 12.2. The maximum atomic E-state index is 12.4. The van der Waals surface area contributed by atoms with E-state index in [0.717, 1.165) is 4.31 Å². The van der Waals surface area contributed by atoms with Crippen LogP contribution in [0.1, 0.15) is 0 Å². The highest BCUT2D eigenvalue weighted by molar-refractivity contribution is 9.10. The van der Waals surface area contributed by atoms with Crippen molar-refractivity contribution in [2.24, 2.45) is 0 Å². The fraction of sp³-hybridized carbons (Fsp3) is 0.133. The summed E-state index contributed by atoms with van der Waals surface area (Å²) in [6.45, 7) is -0.319. The van der Waals surface area contributed by atoms with Crippen LogP contribution in [0, 0.1) is 0 Å². The van der Waals surface area contributed by atoms with E-state index in [1.165, 1.54) is 19.2 Å². The van der Waals surface area contributed by atoms with Gasteiger partial charge in [0.25, 0.3) is 0 Å². The number of rotatable bonds is 5. The van der Waals surface area contributed by atoms with Crippen molar-refractivity contribution in [1.82, 2.24) is 4.31 Å². The zero-order valence-corrected chi connectivity index (χ0v) is 15.3. The lowest BCUT2D eigenvalue weighted by Crippen LogP contribution is -2.35. The average Bonchev–Trinajstić information content (AvgIpc) is 2.49. The number of benzene rings is 2. The minimum atomic E-state index is -3.75. The minimum Gasteiger partial charge on any atom is -0.324 e. The average molecular weight is 418 g/mol. The van der Waals surface area contributed by atoms with Gasteiger partial charge in [-0.3, -0.25) is 4.79 Å². The number of likely N-dealkylation sites (N-methyl/N-ethyl adjacent to an activating group) is 1. The summed E-state index contributed by atoms with van der Waals surface area (Å²) < 4.78 is 26.5. The van der Waals surface area contributed by atoms with E-state index in [1.807, 2.05) is 0 Å². The van der Waals surface area contributed by atoms with Gasteiger partial charge in [0.2, 0.25) is 15.9 Å². The molecule has 0 aromatic heterocycles. The summed E-state index contributed by atoms with van der Waals surface area (Å²) in [7, 11) is -2.40. The van der Waals surface area contributed by atoms with Crippen LogP contribution in [0.4, 0.5) is 5.69 Å². The van der Waals surface area contributed by atoms with Crippen molar-refractivity contribution in [1.29, 1.82) is 0 Å². The minimum absolute atomic E-state index is 0.111. The third-order valence-corrected chi connectivity index (χ3v) is 5.64. The lowest BCUT2D eigenvalue weighted by molar-refractivity contribution is -0.116. The predicted octanol–water partition coefficient (Wildman–Crippen LogP) is 3.36. The number of sulfonamides is 1. The summed E-state index contributed by atoms with van der Waals surface area (Å²) in [4.78, 5) is 12.1. The van der Waals surface area contributed by atoms with Crippen molar-refractivity contribution in [2.75, 3.05) is 18.9 Å². The van der Waals surface area contributed by atoms with E-state index < -0.39 is 15.9 Å². The molecule has 8 heteroatoms. The van der Waals surface area contributed by atoms with Crippen LogP contribution in [0.15, 0.2) is 57.9 Å². The van der Waals surface area contributed by atoms with E-state index in [-0.39, 0.29) is 11.4 Å². The highest BCUT2D eigenvalue weighted by Crippen LogP contribution is 2.21. The lowest BCUT2D eigenvalue weighted by atomic mass is 10.3. The van der Waals surface area contributed by atoms with Crippen LogP contribution in [0.25, 0.3) is 0 Å². The summed E-state index contributed by atoms with van der Waals surface area (Å²) in [5.41, 5.74) is 0.437. The number of carbonyl (C=O) groups is 1. The van der Waals surface area contributed by atoms with Crippen molar-refractivity contribution in [3.8, 4) is 0 Å². The molecular formula is C15H14BrClN2O3S. The molecule has 0 aliphatic carbocycles. The van der Waals surface area contributed by atoms with Gasteiger partial charge < -0.3 is 5.32 Å². The first-order valence-corrected chi connectivity index (χ1v) is 9.18. The highest BCUT2D eigenvalue weighted by atomic mass is 79.9. The Hall–Kier alpha value is -1.41. The second-order valence-corrected chi connectivity index (χ2v) is 8.11. The number of carbonyl (C=O) groups excluding carboxylic acids is 1. The van der Waals surface area contributed by atoms with E-state index >= 15 is 0 Å². The number of hydrogen-bond acceptors (Lipinski definition) is 3. The van der Waals surface area contributed by atoms with Crippen molar-refractivity contribution < 1.29 is 13.2 Å². The molecule has 0 atom stereocenters. The van der Waals surface area contributed by atoms with Crippen molar-refractivity contribution >= 4 is 49.1 Å². The van der Waals surface area contributed by atoms with Crippen LogP contribution in [-0.2, 0) is 14.8 Å². The smallest absolute Gasteiger partial charge is 0.243 e. The molecule has 0 bridgehead atoms. The van der Waals surface area contributed by atoms with Crippen LogP contribution in [-0.4, -0.2) is 32.2 Å². The van der Waals surface area contributed by atoms with Gasteiger partial charge in [-0.15, -0.1) is 0 Å². The molecule has 0 heterocycles.